The Balaban J connectivity index is 2.39. The molecule has 0 atom stereocenters. The van der Waals surface area contributed by atoms with Crippen molar-refractivity contribution in [2.24, 2.45) is 0 Å². The second-order valence-electron chi connectivity index (χ2n) is 3.96. The van der Waals surface area contributed by atoms with Gasteiger partial charge in [-0.05, 0) is 6.07 Å². The molecule has 0 radical (unpaired) electrons. The summed E-state index contributed by atoms with van der Waals surface area (Å²) in [6.07, 6.45) is -0.0769. The van der Waals surface area contributed by atoms with E-state index in [0.717, 1.165) is 0 Å². The van der Waals surface area contributed by atoms with Crippen LogP contribution in [-0.2, 0) is 16.0 Å². The minimum Gasteiger partial charge on any atom is -0.481 e. The zero-order valence-corrected chi connectivity index (χ0v) is 11.9. The molecule has 2 N–H and O–H groups in total. The van der Waals surface area contributed by atoms with Crippen molar-refractivity contribution in [1.82, 2.24) is 5.32 Å². The van der Waals surface area contributed by atoms with E-state index in [1.165, 1.54) is 23.9 Å². The van der Waals surface area contributed by atoms with Crippen LogP contribution in [-0.4, -0.2) is 41.6 Å². The van der Waals surface area contributed by atoms with E-state index in [4.69, 9.17) is 5.11 Å². The van der Waals surface area contributed by atoms with Crippen molar-refractivity contribution in [2.75, 3.05) is 18.1 Å². The number of carboxylic acids is 1. The molecule has 8 heteroatoms. The molecule has 1 amide bonds. The maximum Gasteiger partial charge on any atom is 0.387 e. The van der Waals surface area contributed by atoms with Crippen LogP contribution < -0.4 is 10.1 Å². The first-order chi connectivity index (χ1) is 9.99. The second kappa shape index (κ2) is 9.17. The largest absolute Gasteiger partial charge is 0.481 e. The van der Waals surface area contributed by atoms with Crippen LogP contribution in [0.2, 0.25) is 0 Å². The van der Waals surface area contributed by atoms with Gasteiger partial charge in [0.05, 0.1) is 12.2 Å². The van der Waals surface area contributed by atoms with Gasteiger partial charge in [-0.1, -0.05) is 18.2 Å². The van der Waals surface area contributed by atoms with Gasteiger partial charge in [-0.15, -0.1) is 11.8 Å². The lowest BCUT2D eigenvalue weighted by Crippen LogP contribution is -2.27. The van der Waals surface area contributed by atoms with Crippen molar-refractivity contribution >= 4 is 23.6 Å². The van der Waals surface area contributed by atoms with Gasteiger partial charge in [0.2, 0.25) is 5.91 Å². The lowest BCUT2D eigenvalue weighted by Gasteiger charge is -2.10. The third-order valence-electron chi connectivity index (χ3n) is 2.33. The smallest absolute Gasteiger partial charge is 0.387 e. The van der Waals surface area contributed by atoms with Crippen molar-refractivity contribution in [3.8, 4) is 5.75 Å². The molecule has 0 aromatic heterocycles. The highest BCUT2D eigenvalue weighted by molar-refractivity contribution is 7.99. The highest BCUT2D eigenvalue weighted by atomic mass is 32.2. The predicted octanol–water partition coefficient (Wildman–Crippen LogP) is 1.76. The molecule has 0 aliphatic carbocycles. The van der Waals surface area contributed by atoms with Crippen LogP contribution in [0.4, 0.5) is 8.78 Å². The summed E-state index contributed by atoms with van der Waals surface area (Å²) in [5.41, 5.74) is 0.369. The van der Waals surface area contributed by atoms with E-state index in [9.17, 15) is 18.4 Å². The quantitative estimate of drug-likeness (QED) is 0.679. The highest BCUT2D eigenvalue weighted by Gasteiger charge is 2.12. The number of hydrogen-bond acceptors (Lipinski definition) is 4. The first-order valence-electron chi connectivity index (χ1n) is 6.08. The Bertz CT molecular complexity index is 485. The van der Waals surface area contributed by atoms with Gasteiger partial charge in [0, 0.05) is 17.9 Å². The zero-order valence-electron chi connectivity index (χ0n) is 11.1. The molecule has 0 aliphatic rings. The average molecular weight is 319 g/mol. The summed E-state index contributed by atoms with van der Waals surface area (Å²) in [5.74, 6) is -0.836. The molecule has 0 saturated carbocycles. The lowest BCUT2D eigenvalue weighted by atomic mass is 10.1. The number of amides is 1. The Morgan fingerprint density at radius 3 is 2.71 bits per heavy atom. The molecule has 1 aromatic rings. The Labute approximate surface area is 124 Å². The predicted molar refractivity (Wildman–Crippen MR) is 74.7 cm³/mol. The fourth-order valence-electron chi connectivity index (χ4n) is 1.52. The fraction of sp³-hybridized carbons (Fsp3) is 0.385. The van der Waals surface area contributed by atoms with Crippen molar-refractivity contribution in [1.29, 1.82) is 0 Å². The number of rotatable bonds is 9. The summed E-state index contributed by atoms with van der Waals surface area (Å²) < 4.78 is 28.8. The zero-order chi connectivity index (χ0) is 15.7. The van der Waals surface area contributed by atoms with Crippen LogP contribution >= 0.6 is 11.8 Å². The van der Waals surface area contributed by atoms with Gasteiger partial charge in [0.25, 0.3) is 0 Å². The van der Waals surface area contributed by atoms with E-state index in [0.29, 0.717) is 17.9 Å². The number of halogens is 2. The first kappa shape index (κ1) is 17.2. The fourth-order valence-corrected chi connectivity index (χ4v) is 2.08. The number of para-hydroxylation sites is 1. The number of carboxylic acid groups (broad SMARTS) is 1. The summed E-state index contributed by atoms with van der Waals surface area (Å²) >= 11 is 1.18. The van der Waals surface area contributed by atoms with E-state index in [2.05, 4.69) is 10.1 Å². The van der Waals surface area contributed by atoms with Gasteiger partial charge in [0.1, 0.15) is 5.75 Å². The maximum atomic E-state index is 12.2. The molecule has 21 heavy (non-hydrogen) atoms. The number of ether oxygens (including phenoxy) is 1. The van der Waals surface area contributed by atoms with Gasteiger partial charge in [-0.2, -0.15) is 8.78 Å². The summed E-state index contributed by atoms with van der Waals surface area (Å²) in [7, 11) is 0. The summed E-state index contributed by atoms with van der Waals surface area (Å²) in [6.45, 7) is -2.63. The number of benzene rings is 1. The minimum absolute atomic E-state index is 0.0251. The third-order valence-corrected chi connectivity index (χ3v) is 3.28. The Hall–Kier alpha value is -1.83. The van der Waals surface area contributed by atoms with Gasteiger partial charge < -0.3 is 15.2 Å². The highest BCUT2D eigenvalue weighted by Crippen LogP contribution is 2.20. The number of carbonyl (C=O) groups is 2. The number of carbonyl (C=O) groups excluding carboxylic acids is 1. The van der Waals surface area contributed by atoms with Crippen LogP contribution in [0.3, 0.4) is 0 Å². The van der Waals surface area contributed by atoms with Crippen LogP contribution in [0.5, 0.6) is 5.75 Å². The molecule has 0 bridgehead atoms. The first-order valence-corrected chi connectivity index (χ1v) is 7.23. The molecule has 116 valence electrons. The average Bonchev–Trinajstić information content (AvgIpc) is 2.39. The molecule has 1 rings (SSSR count). The third kappa shape index (κ3) is 7.50. The number of nitrogens with one attached hydrogen (secondary N) is 1. The van der Waals surface area contributed by atoms with Gasteiger partial charge in [0.15, 0.2) is 0 Å². The number of alkyl halides is 2. The molecule has 1 aromatic carbocycles. The number of aliphatic carboxylic acids is 1. The van der Waals surface area contributed by atoms with Crippen molar-refractivity contribution in [3.63, 3.8) is 0 Å². The molecular formula is C13H15F2NO4S. The van der Waals surface area contributed by atoms with E-state index in [1.807, 2.05) is 0 Å². The standard InChI is InChI=1S/C13H15F2NO4S/c14-13(15)20-10-4-2-1-3-9(10)7-11(17)16-5-6-21-8-12(18)19/h1-4,13H,5-8H2,(H,16,17)(H,18,19). The van der Waals surface area contributed by atoms with E-state index >= 15 is 0 Å². The SMILES string of the molecule is O=C(O)CSCCNC(=O)Cc1ccccc1OC(F)F. The normalized spacial score (nSPS) is 10.4. The van der Waals surface area contributed by atoms with Crippen molar-refractivity contribution < 1.29 is 28.2 Å². The Morgan fingerprint density at radius 2 is 2.05 bits per heavy atom. The van der Waals surface area contributed by atoms with Gasteiger partial charge >= 0.3 is 12.6 Å². The molecule has 0 saturated heterocycles. The number of hydrogen-bond donors (Lipinski definition) is 2. The topological polar surface area (TPSA) is 75.6 Å². The molecule has 5 nitrogen and oxygen atoms in total. The molecule has 0 aliphatic heterocycles. The summed E-state index contributed by atoms with van der Waals surface area (Å²) in [4.78, 5) is 21.9. The number of thioether (sulfide) groups is 1. The lowest BCUT2D eigenvalue weighted by molar-refractivity contribution is -0.133. The van der Waals surface area contributed by atoms with Crippen molar-refractivity contribution in [3.05, 3.63) is 29.8 Å². The Morgan fingerprint density at radius 1 is 1.33 bits per heavy atom. The summed E-state index contributed by atoms with van der Waals surface area (Å²) in [5, 5.41) is 11.0. The minimum atomic E-state index is -2.94. The van der Waals surface area contributed by atoms with Crippen LogP contribution in [0.1, 0.15) is 5.56 Å². The summed E-state index contributed by atoms with van der Waals surface area (Å²) in [6, 6.07) is 6.08. The molecular weight excluding hydrogens is 304 g/mol. The van der Waals surface area contributed by atoms with E-state index < -0.39 is 12.6 Å². The van der Waals surface area contributed by atoms with Crippen molar-refractivity contribution in [2.45, 2.75) is 13.0 Å². The molecule has 0 heterocycles. The van der Waals surface area contributed by atoms with Gasteiger partial charge in [-0.3, -0.25) is 9.59 Å². The second-order valence-corrected chi connectivity index (χ2v) is 5.06. The molecule has 0 fully saturated rings. The van der Waals surface area contributed by atoms with Crippen LogP contribution in [0.25, 0.3) is 0 Å². The van der Waals surface area contributed by atoms with Crippen LogP contribution in [0, 0.1) is 0 Å². The molecule has 0 unspecified atom stereocenters. The van der Waals surface area contributed by atoms with E-state index in [1.54, 1.807) is 12.1 Å². The van der Waals surface area contributed by atoms with Crippen LogP contribution in [0.15, 0.2) is 24.3 Å². The maximum absolute atomic E-state index is 12.2. The van der Waals surface area contributed by atoms with E-state index in [-0.39, 0.29) is 23.8 Å². The Kier molecular flexibility index (Phi) is 7.52. The monoisotopic (exact) mass is 319 g/mol. The van der Waals surface area contributed by atoms with Gasteiger partial charge in [-0.25, -0.2) is 0 Å². The molecule has 0 spiro atoms.